The van der Waals surface area contributed by atoms with Gasteiger partial charge in [0.2, 0.25) is 0 Å². The molecule has 0 aromatic rings. The zero-order chi connectivity index (χ0) is 10.2. The molecule has 0 rings (SSSR count). The standard InChI is InChI=1S/C8H13NO.C2H6/c1-8(2,9(3)4)6-5-7-10;1-2/h7H,1-4H3;1-2H3. The average molecular weight is 169 g/mol. The van der Waals surface area contributed by atoms with Crippen LogP contribution in [0.15, 0.2) is 0 Å². The third-order valence-electron chi connectivity index (χ3n) is 1.56. The van der Waals surface area contributed by atoms with Crippen molar-refractivity contribution in [2.45, 2.75) is 33.2 Å². The summed E-state index contributed by atoms with van der Waals surface area (Å²) in [5.74, 6) is 5.21. The number of aldehydes is 1. The Bertz CT molecular complexity index is 172. The van der Waals surface area contributed by atoms with Crippen LogP contribution < -0.4 is 0 Å². The van der Waals surface area contributed by atoms with Gasteiger partial charge in [-0.25, -0.2) is 0 Å². The summed E-state index contributed by atoms with van der Waals surface area (Å²) in [6.07, 6.45) is 0.616. The summed E-state index contributed by atoms with van der Waals surface area (Å²) in [5.41, 5.74) is -0.207. The summed E-state index contributed by atoms with van der Waals surface area (Å²) < 4.78 is 0. The fourth-order valence-corrected chi connectivity index (χ4v) is 0.318. The van der Waals surface area contributed by atoms with Crippen molar-refractivity contribution >= 4 is 6.29 Å². The maximum absolute atomic E-state index is 9.88. The van der Waals surface area contributed by atoms with Crippen molar-refractivity contribution in [2.24, 2.45) is 0 Å². The SMILES string of the molecule is CC.CN(C)C(C)(C)C#CC=O. The summed E-state index contributed by atoms with van der Waals surface area (Å²) >= 11 is 0. The summed E-state index contributed by atoms with van der Waals surface area (Å²) in [7, 11) is 3.86. The van der Waals surface area contributed by atoms with Crippen LogP contribution in [-0.2, 0) is 4.79 Å². The lowest BCUT2D eigenvalue weighted by atomic mass is 10.1. The molecule has 70 valence electrons. The third kappa shape index (κ3) is 5.94. The topological polar surface area (TPSA) is 20.3 Å². The van der Waals surface area contributed by atoms with Gasteiger partial charge in [-0.3, -0.25) is 9.69 Å². The second kappa shape index (κ2) is 6.87. The Morgan fingerprint density at radius 2 is 1.67 bits per heavy atom. The van der Waals surface area contributed by atoms with Crippen LogP contribution in [0, 0.1) is 11.8 Å². The van der Waals surface area contributed by atoms with Crippen molar-refractivity contribution in [2.75, 3.05) is 14.1 Å². The smallest absolute Gasteiger partial charge is 0.192 e. The molecule has 0 saturated heterocycles. The largest absolute Gasteiger partial charge is 0.294 e. The Morgan fingerprint density at radius 1 is 1.25 bits per heavy atom. The van der Waals surface area contributed by atoms with Gasteiger partial charge < -0.3 is 0 Å². The van der Waals surface area contributed by atoms with Crippen molar-refractivity contribution in [3.05, 3.63) is 0 Å². The fraction of sp³-hybridized carbons (Fsp3) is 0.700. The van der Waals surface area contributed by atoms with E-state index in [2.05, 4.69) is 11.8 Å². The molecule has 0 atom stereocenters. The van der Waals surface area contributed by atoms with E-state index in [9.17, 15) is 4.79 Å². The van der Waals surface area contributed by atoms with Crippen LogP contribution in [0.3, 0.4) is 0 Å². The molecule has 0 N–H and O–H groups in total. The highest BCUT2D eigenvalue weighted by atomic mass is 16.1. The van der Waals surface area contributed by atoms with Gasteiger partial charge in [0, 0.05) is 0 Å². The molecule has 0 aliphatic carbocycles. The Morgan fingerprint density at radius 3 is 1.92 bits per heavy atom. The van der Waals surface area contributed by atoms with Gasteiger partial charge in [-0.15, -0.1) is 0 Å². The molecule has 0 radical (unpaired) electrons. The summed E-state index contributed by atoms with van der Waals surface area (Å²) in [6, 6.07) is 0. The van der Waals surface area contributed by atoms with Gasteiger partial charge in [-0.05, 0) is 33.9 Å². The normalized spacial score (nSPS) is 9.25. The molecule has 2 nitrogen and oxygen atoms in total. The Hall–Kier alpha value is -0.810. The number of carbonyl (C=O) groups is 1. The monoisotopic (exact) mass is 169 g/mol. The maximum atomic E-state index is 9.88. The minimum atomic E-state index is -0.207. The third-order valence-corrected chi connectivity index (χ3v) is 1.56. The maximum Gasteiger partial charge on any atom is 0.192 e. The van der Waals surface area contributed by atoms with Crippen LogP contribution >= 0.6 is 0 Å². The quantitative estimate of drug-likeness (QED) is 0.438. The van der Waals surface area contributed by atoms with Crippen LogP contribution in [0.4, 0.5) is 0 Å². The molecule has 0 spiro atoms. The van der Waals surface area contributed by atoms with Gasteiger partial charge >= 0.3 is 0 Å². The predicted octanol–water partition coefficient (Wildman–Crippen LogP) is 1.56. The Kier molecular flexibility index (Phi) is 7.88. The van der Waals surface area contributed by atoms with Gasteiger partial charge in [-0.1, -0.05) is 19.8 Å². The van der Waals surface area contributed by atoms with Crippen molar-refractivity contribution in [1.82, 2.24) is 4.90 Å². The first-order valence-corrected chi connectivity index (χ1v) is 4.14. The lowest BCUT2D eigenvalue weighted by Crippen LogP contribution is -2.36. The second-order valence-corrected chi connectivity index (χ2v) is 2.84. The van der Waals surface area contributed by atoms with Crippen molar-refractivity contribution in [3.63, 3.8) is 0 Å². The fourth-order valence-electron chi connectivity index (χ4n) is 0.318. The van der Waals surface area contributed by atoms with Crippen molar-refractivity contribution in [3.8, 4) is 11.8 Å². The number of hydrogen-bond acceptors (Lipinski definition) is 2. The Labute approximate surface area is 76.0 Å². The van der Waals surface area contributed by atoms with E-state index < -0.39 is 0 Å². The summed E-state index contributed by atoms with van der Waals surface area (Å²) in [4.78, 5) is 11.8. The highest BCUT2D eigenvalue weighted by molar-refractivity contribution is 5.72. The molecule has 0 aliphatic rings. The van der Waals surface area contributed by atoms with Crippen molar-refractivity contribution in [1.29, 1.82) is 0 Å². The zero-order valence-electron chi connectivity index (χ0n) is 8.93. The molecule has 0 aromatic heterocycles. The van der Waals surface area contributed by atoms with Gasteiger partial charge in [0.05, 0.1) is 5.54 Å². The highest BCUT2D eigenvalue weighted by Crippen LogP contribution is 2.06. The molecule has 0 amide bonds. The summed E-state index contributed by atoms with van der Waals surface area (Å²) in [6.45, 7) is 7.92. The number of rotatable bonds is 1. The van der Waals surface area contributed by atoms with Gasteiger partial charge in [0.15, 0.2) is 6.29 Å². The van der Waals surface area contributed by atoms with E-state index in [0.717, 1.165) is 0 Å². The first kappa shape index (κ1) is 13.8. The molecule has 0 aromatic carbocycles. The zero-order valence-corrected chi connectivity index (χ0v) is 8.93. The van der Waals surface area contributed by atoms with Gasteiger partial charge in [0.1, 0.15) is 0 Å². The highest BCUT2D eigenvalue weighted by Gasteiger charge is 2.15. The van der Waals surface area contributed by atoms with Crippen LogP contribution in [0.2, 0.25) is 0 Å². The van der Waals surface area contributed by atoms with Crippen LogP contribution in [-0.4, -0.2) is 30.8 Å². The summed E-state index contributed by atoms with van der Waals surface area (Å²) in [5, 5.41) is 0. The van der Waals surface area contributed by atoms with E-state index in [1.165, 1.54) is 0 Å². The molecule has 12 heavy (non-hydrogen) atoms. The number of hydrogen-bond donors (Lipinski definition) is 0. The first-order valence-electron chi connectivity index (χ1n) is 4.14. The van der Waals surface area contributed by atoms with E-state index in [-0.39, 0.29) is 5.54 Å². The molecule has 0 unspecified atom stereocenters. The average Bonchev–Trinajstić information content (AvgIpc) is 2.04. The molecule has 2 heteroatoms. The van der Waals surface area contributed by atoms with Gasteiger partial charge in [-0.2, -0.15) is 0 Å². The Balaban J connectivity index is 0. The minimum absolute atomic E-state index is 0.207. The molecule has 0 saturated carbocycles. The lowest BCUT2D eigenvalue weighted by Gasteiger charge is -2.26. The molecular weight excluding hydrogens is 150 g/mol. The second-order valence-electron chi connectivity index (χ2n) is 2.84. The van der Waals surface area contributed by atoms with E-state index in [1.807, 2.05) is 46.7 Å². The van der Waals surface area contributed by atoms with Crippen molar-refractivity contribution < 1.29 is 4.79 Å². The van der Waals surface area contributed by atoms with Gasteiger partial charge in [0.25, 0.3) is 0 Å². The molecule has 0 fully saturated rings. The van der Waals surface area contributed by atoms with Crippen LogP contribution in [0.5, 0.6) is 0 Å². The first-order chi connectivity index (χ1) is 5.50. The van der Waals surface area contributed by atoms with Crippen LogP contribution in [0.1, 0.15) is 27.7 Å². The number of carbonyl (C=O) groups excluding carboxylic acids is 1. The number of nitrogens with zero attached hydrogens (tertiary/aromatic N) is 1. The van der Waals surface area contributed by atoms with E-state index in [1.54, 1.807) is 0 Å². The predicted molar refractivity (Wildman–Crippen MR) is 53.0 cm³/mol. The molecular formula is C10H19NO. The molecule has 0 heterocycles. The van der Waals surface area contributed by atoms with Crippen LogP contribution in [0.25, 0.3) is 0 Å². The lowest BCUT2D eigenvalue weighted by molar-refractivity contribution is -0.103. The van der Waals surface area contributed by atoms with E-state index in [0.29, 0.717) is 6.29 Å². The minimum Gasteiger partial charge on any atom is -0.294 e. The molecule has 0 aliphatic heterocycles. The van der Waals surface area contributed by atoms with E-state index in [4.69, 9.17) is 0 Å². The molecule has 0 bridgehead atoms. The van der Waals surface area contributed by atoms with E-state index >= 15 is 0 Å².